The fourth-order valence-electron chi connectivity index (χ4n) is 2.61. The normalized spacial score (nSPS) is 16.1. The van der Waals surface area contributed by atoms with E-state index in [0.717, 1.165) is 24.2 Å². The molecule has 0 spiro atoms. The monoisotopic (exact) mass is 303 g/mol. The maximum atomic E-state index is 4.61. The van der Waals surface area contributed by atoms with Gasteiger partial charge in [0.05, 0.1) is 5.71 Å². The Morgan fingerprint density at radius 2 is 1.91 bits per heavy atom. The van der Waals surface area contributed by atoms with E-state index in [0.29, 0.717) is 0 Å². The molecule has 0 atom stereocenters. The van der Waals surface area contributed by atoms with Gasteiger partial charge < -0.3 is 4.90 Å². The minimum absolute atomic E-state index is 0.863. The second-order valence-corrected chi connectivity index (χ2v) is 5.76. The predicted molar refractivity (Wildman–Crippen MR) is 98.1 cm³/mol. The van der Waals surface area contributed by atoms with Gasteiger partial charge in [-0.15, -0.1) is 0 Å². The molecule has 2 heterocycles. The lowest BCUT2D eigenvalue weighted by atomic mass is 10.0. The molecule has 0 radical (unpaired) electrons. The van der Waals surface area contributed by atoms with Crippen LogP contribution in [0.2, 0.25) is 0 Å². The number of aliphatic imine (C=N–C) groups is 1. The van der Waals surface area contributed by atoms with Gasteiger partial charge >= 0.3 is 0 Å². The molecule has 1 aliphatic rings. The van der Waals surface area contributed by atoms with E-state index in [9.17, 15) is 0 Å². The topological polar surface area (TPSA) is 28.5 Å². The molecule has 23 heavy (non-hydrogen) atoms. The van der Waals surface area contributed by atoms with Gasteiger partial charge in [-0.2, -0.15) is 0 Å². The van der Waals surface area contributed by atoms with Gasteiger partial charge in [-0.25, -0.2) is 0 Å². The largest absolute Gasteiger partial charge is 0.378 e. The van der Waals surface area contributed by atoms with E-state index in [1.807, 2.05) is 12.3 Å². The lowest BCUT2D eigenvalue weighted by Crippen LogP contribution is -2.07. The van der Waals surface area contributed by atoms with Gasteiger partial charge in [0.15, 0.2) is 0 Å². The number of hydrogen-bond donors (Lipinski definition) is 0. The molecule has 3 nitrogen and oxygen atoms in total. The van der Waals surface area contributed by atoms with Gasteiger partial charge in [0.2, 0.25) is 0 Å². The molecule has 3 heteroatoms. The minimum atomic E-state index is 0.863. The molecule has 3 rings (SSSR count). The fraction of sp³-hybridized carbons (Fsp3) is 0.200. The summed E-state index contributed by atoms with van der Waals surface area (Å²) in [4.78, 5) is 10.9. The second-order valence-electron chi connectivity index (χ2n) is 5.76. The summed E-state index contributed by atoms with van der Waals surface area (Å²) in [6.07, 6.45) is 11.1. The van der Waals surface area contributed by atoms with Crippen molar-refractivity contribution in [3.05, 3.63) is 77.6 Å². The number of rotatable bonds is 4. The van der Waals surface area contributed by atoms with Crippen molar-refractivity contribution in [2.45, 2.75) is 6.42 Å². The molecule has 0 unspecified atom stereocenters. The number of nitrogens with zero attached hydrogens (tertiary/aromatic N) is 3. The molecule has 0 N–H and O–H groups in total. The van der Waals surface area contributed by atoms with Crippen molar-refractivity contribution in [1.82, 2.24) is 4.98 Å². The van der Waals surface area contributed by atoms with Crippen LogP contribution >= 0.6 is 0 Å². The van der Waals surface area contributed by atoms with E-state index in [-0.39, 0.29) is 0 Å². The van der Waals surface area contributed by atoms with Crippen LogP contribution in [0.25, 0.3) is 6.08 Å². The highest BCUT2D eigenvalue weighted by Crippen LogP contribution is 2.19. The Hall–Kier alpha value is -2.68. The van der Waals surface area contributed by atoms with Crippen LogP contribution < -0.4 is 4.90 Å². The summed E-state index contributed by atoms with van der Waals surface area (Å²) in [7, 11) is 4.10. The van der Waals surface area contributed by atoms with Crippen molar-refractivity contribution < 1.29 is 0 Å². The number of anilines is 1. The van der Waals surface area contributed by atoms with Gasteiger partial charge in [0, 0.05) is 44.3 Å². The van der Waals surface area contributed by atoms with Gasteiger partial charge in [0.1, 0.15) is 0 Å². The zero-order valence-electron chi connectivity index (χ0n) is 13.6. The first kappa shape index (κ1) is 15.2. The van der Waals surface area contributed by atoms with Crippen LogP contribution in [0.3, 0.4) is 0 Å². The summed E-state index contributed by atoms with van der Waals surface area (Å²) in [6, 6.07) is 12.5. The Balaban J connectivity index is 1.73. The van der Waals surface area contributed by atoms with Crippen molar-refractivity contribution >= 4 is 17.5 Å². The highest BCUT2D eigenvalue weighted by Gasteiger charge is 2.14. The van der Waals surface area contributed by atoms with Crippen LogP contribution in [-0.2, 0) is 0 Å². The molecule has 0 aliphatic carbocycles. The van der Waals surface area contributed by atoms with Gasteiger partial charge in [0.25, 0.3) is 0 Å². The van der Waals surface area contributed by atoms with Crippen molar-refractivity contribution in [1.29, 1.82) is 0 Å². The zero-order chi connectivity index (χ0) is 16.1. The molecule has 0 fully saturated rings. The first-order valence-electron chi connectivity index (χ1n) is 7.84. The quantitative estimate of drug-likeness (QED) is 0.854. The smallest absolute Gasteiger partial charge is 0.0694 e. The Morgan fingerprint density at radius 3 is 2.61 bits per heavy atom. The number of pyridine rings is 1. The van der Waals surface area contributed by atoms with E-state index in [4.69, 9.17) is 0 Å². The maximum absolute atomic E-state index is 4.61. The summed E-state index contributed by atoms with van der Waals surface area (Å²) in [6.45, 7) is 0.863. The van der Waals surface area contributed by atoms with E-state index in [2.05, 4.69) is 77.5 Å². The number of allylic oxidation sites excluding steroid dienone is 2. The predicted octanol–water partition coefficient (Wildman–Crippen LogP) is 3.98. The second kappa shape index (κ2) is 7.05. The Bertz CT molecular complexity index is 738. The van der Waals surface area contributed by atoms with Crippen LogP contribution in [0.1, 0.15) is 17.5 Å². The highest BCUT2D eigenvalue weighted by molar-refractivity contribution is 6.13. The van der Waals surface area contributed by atoms with Gasteiger partial charge in [-0.1, -0.05) is 30.4 Å². The molecular formula is C20H21N3. The van der Waals surface area contributed by atoms with Gasteiger partial charge in [-0.3, -0.25) is 9.98 Å². The minimum Gasteiger partial charge on any atom is -0.378 e. The lowest BCUT2D eigenvalue weighted by molar-refractivity contribution is 1.04. The van der Waals surface area contributed by atoms with Gasteiger partial charge in [-0.05, 0) is 41.8 Å². The molecule has 1 aromatic heterocycles. The third-order valence-electron chi connectivity index (χ3n) is 3.89. The molecule has 0 amide bonds. The van der Waals surface area contributed by atoms with Crippen molar-refractivity contribution in [2.24, 2.45) is 4.99 Å². The molecule has 0 saturated heterocycles. The summed E-state index contributed by atoms with van der Waals surface area (Å²) >= 11 is 0. The van der Waals surface area contributed by atoms with E-state index < -0.39 is 0 Å². The average molecular weight is 303 g/mol. The number of hydrogen-bond acceptors (Lipinski definition) is 3. The molecule has 0 bridgehead atoms. The van der Waals surface area contributed by atoms with Crippen LogP contribution in [0, 0.1) is 0 Å². The van der Waals surface area contributed by atoms with Crippen LogP contribution in [0.15, 0.2) is 71.5 Å². The van der Waals surface area contributed by atoms with Crippen molar-refractivity contribution in [3.63, 3.8) is 0 Å². The first-order chi connectivity index (χ1) is 11.2. The highest BCUT2D eigenvalue weighted by atomic mass is 15.1. The maximum Gasteiger partial charge on any atom is 0.0694 e. The standard InChI is InChI=1S/C20H21N3/c1-23(2)19-10-8-16(9-11-19)5-3-6-17-12-14-22-20(17)18-7-4-13-21-15-18/h3-11,13,15H,12,14H2,1-2H3/b5-3+,17-6+. The number of benzene rings is 1. The van der Waals surface area contributed by atoms with Crippen molar-refractivity contribution in [2.75, 3.05) is 25.5 Å². The Morgan fingerprint density at radius 1 is 1.09 bits per heavy atom. The third-order valence-corrected chi connectivity index (χ3v) is 3.89. The molecule has 2 aromatic rings. The van der Waals surface area contributed by atoms with E-state index in [1.165, 1.54) is 16.8 Å². The molecular weight excluding hydrogens is 282 g/mol. The molecule has 0 saturated carbocycles. The van der Waals surface area contributed by atoms with E-state index in [1.54, 1.807) is 6.20 Å². The summed E-state index contributed by atoms with van der Waals surface area (Å²) in [5.41, 5.74) is 5.86. The SMILES string of the molecule is CN(C)c1ccc(/C=C/C=C2\CCN=C2c2cccnc2)cc1. The average Bonchev–Trinajstić information content (AvgIpc) is 3.05. The molecule has 1 aromatic carbocycles. The summed E-state index contributed by atoms with van der Waals surface area (Å²) in [5.74, 6) is 0. The summed E-state index contributed by atoms with van der Waals surface area (Å²) in [5, 5.41) is 0. The van der Waals surface area contributed by atoms with Crippen LogP contribution in [0.4, 0.5) is 5.69 Å². The van der Waals surface area contributed by atoms with Crippen molar-refractivity contribution in [3.8, 4) is 0 Å². The van der Waals surface area contributed by atoms with Crippen LogP contribution in [-0.4, -0.2) is 31.3 Å². The molecule has 116 valence electrons. The van der Waals surface area contributed by atoms with E-state index >= 15 is 0 Å². The zero-order valence-corrected chi connectivity index (χ0v) is 13.6. The Kier molecular flexibility index (Phi) is 4.67. The Labute approximate surface area is 137 Å². The molecule has 1 aliphatic heterocycles. The first-order valence-corrected chi connectivity index (χ1v) is 7.84. The summed E-state index contributed by atoms with van der Waals surface area (Å²) < 4.78 is 0. The number of aromatic nitrogens is 1. The third kappa shape index (κ3) is 3.75. The fourth-order valence-corrected chi connectivity index (χ4v) is 2.61. The van der Waals surface area contributed by atoms with Crippen LogP contribution in [0.5, 0.6) is 0 Å². The lowest BCUT2D eigenvalue weighted by Gasteiger charge is -2.11.